The zero-order valence-corrected chi connectivity index (χ0v) is 15.9. The second kappa shape index (κ2) is 8.49. The highest BCUT2D eigenvalue weighted by atomic mass is 35.5. The van der Waals surface area contributed by atoms with Crippen LogP contribution in [0.5, 0.6) is 0 Å². The predicted molar refractivity (Wildman–Crippen MR) is 102 cm³/mol. The number of carbonyl (C=O) groups excluding carboxylic acids is 1. The second-order valence-corrected chi connectivity index (χ2v) is 7.02. The van der Waals surface area contributed by atoms with Gasteiger partial charge in [0.1, 0.15) is 18.4 Å². The lowest BCUT2D eigenvalue weighted by atomic mass is 10.1. The molecule has 0 bridgehead atoms. The average Bonchev–Trinajstić information content (AvgIpc) is 3.15. The van der Waals surface area contributed by atoms with Crippen molar-refractivity contribution in [3.05, 3.63) is 57.4 Å². The van der Waals surface area contributed by atoms with E-state index in [4.69, 9.17) is 11.6 Å². The van der Waals surface area contributed by atoms with Crippen molar-refractivity contribution in [1.29, 1.82) is 0 Å². The van der Waals surface area contributed by atoms with Crippen molar-refractivity contribution in [2.45, 2.75) is 25.9 Å². The summed E-state index contributed by atoms with van der Waals surface area (Å²) >= 11 is 5.92. The van der Waals surface area contributed by atoms with Crippen LogP contribution in [-0.4, -0.2) is 56.6 Å². The lowest BCUT2D eigenvalue weighted by Crippen LogP contribution is -2.50. The van der Waals surface area contributed by atoms with Gasteiger partial charge >= 0.3 is 5.69 Å². The minimum atomic E-state index is -0.512. The van der Waals surface area contributed by atoms with Crippen LogP contribution in [0, 0.1) is 10.1 Å². The van der Waals surface area contributed by atoms with Crippen LogP contribution in [-0.2, 0) is 11.3 Å². The van der Waals surface area contributed by atoms with Gasteiger partial charge in [0.15, 0.2) is 0 Å². The Labute approximate surface area is 162 Å². The molecule has 2 aromatic rings. The summed E-state index contributed by atoms with van der Waals surface area (Å²) in [5.74, 6) is -0.0401. The molecule has 0 N–H and O–H groups in total. The lowest BCUT2D eigenvalue weighted by molar-refractivity contribution is -0.385. The van der Waals surface area contributed by atoms with Gasteiger partial charge in [0.2, 0.25) is 5.91 Å². The van der Waals surface area contributed by atoms with Gasteiger partial charge in [-0.1, -0.05) is 30.7 Å². The van der Waals surface area contributed by atoms with Crippen molar-refractivity contribution in [3.8, 4) is 0 Å². The molecule has 144 valence electrons. The van der Waals surface area contributed by atoms with Gasteiger partial charge in [0.25, 0.3) is 0 Å². The fourth-order valence-electron chi connectivity index (χ4n) is 3.25. The third-order valence-electron chi connectivity index (χ3n) is 4.79. The van der Waals surface area contributed by atoms with Crippen molar-refractivity contribution in [3.63, 3.8) is 0 Å². The SMILES string of the molecule is CCC(C(=O)N1CCN(Cc2ccc(Cl)cc2)CC1)n1cc([N+](=O)[O-])cn1. The van der Waals surface area contributed by atoms with Crippen LogP contribution in [0.25, 0.3) is 0 Å². The minimum absolute atomic E-state index is 0.0401. The maximum Gasteiger partial charge on any atom is 0.307 e. The molecule has 1 saturated heterocycles. The summed E-state index contributed by atoms with van der Waals surface area (Å²) in [6, 6.07) is 7.27. The Morgan fingerprint density at radius 2 is 1.93 bits per heavy atom. The minimum Gasteiger partial charge on any atom is -0.338 e. The average molecular weight is 392 g/mol. The molecule has 1 aromatic carbocycles. The number of hydrogen-bond acceptors (Lipinski definition) is 5. The molecular weight excluding hydrogens is 370 g/mol. The van der Waals surface area contributed by atoms with E-state index in [1.54, 1.807) is 0 Å². The number of piperazine rings is 1. The van der Waals surface area contributed by atoms with Gasteiger partial charge in [0.05, 0.1) is 4.92 Å². The molecule has 27 heavy (non-hydrogen) atoms. The van der Waals surface area contributed by atoms with Gasteiger partial charge in [-0.15, -0.1) is 0 Å². The number of rotatable bonds is 6. The standard InChI is InChI=1S/C18H22ClN5O3/c1-2-17(23-13-16(11-20-23)24(26)27)18(25)22-9-7-21(8-10-22)12-14-3-5-15(19)6-4-14/h3-6,11,13,17H,2,7-10,12H2,1H3. The number of hydrogen-bond donors (Lipinski definition) is 0. The maximum absolute atomic E-state index is 12.9. The Morgan fingerprint density at radius 1 is 1.26 bits per heavy atom. The molecule has 0 spiro atoms. The van der Waals surface area contributed by atoms with Crippen molar-refractivity contribution >= 4 is 23.2 Å². The van der Waals surface area contributed by atoms with Gasteiger partial charge in [-0.2, -0.15) is 5.10 Å². The monoisotopic (exact) mass is 391 g/mol. The molecule has 1 unspecified atom stereocenters. The van der Waals surface area contributed by atoms with Crippen LogP contribution >= 0.6 is 11.6 Å². The molecule has 0 aliphatic carbocycles. The summed E-state index contributed by atoms with van der Waals surface area (Å²) in [6.07, 6.45) is 3.03. The summed E-state index contributed by atoms with van der Waals surface area (Å²) < 4.78 is 1.40. The highest BCUT2D eigenvalue weighted by Crippen LogP contribution is 2.20. The van der Waals surface area contributed by atoms with Gasteiger partial charge in [-0.3, -0.25) is 24.5 Å². The van der Waals surface area contributed by atoms with Crippen LogP contribution in [0.4, 0.5) is 5.69 Å². The van der Waals surface area contributed by atoms with E-state index in [2.05, 4.69) is 10.00 Å². The van der Waals surface area contributed by atoms with E-state index in [1.165, 1.54) is 22.6 Å². The number of aromatic nitrogens is 2. The first kappa shape index (κ1) is 19.3. The van der Waals surface area contributed by atoms with Crippen molar-refractivity contribution in [2.24, 2.45) is 0 Å². The quantitative estimate of drug-likeness (QED) is 0.558. The topological polar surface area (TPSA) is 84.5 Å². The van der Waals surface area contributed by atoms with Crippen LogP contribution < -0.4 is 0 Å². The van der Waals surface area contributed by atoms with Gasteiger partial charge in [-0.05, 0) is 24.1 Å². The normalized spacial score (nSPS) is 16.3. The third-order valence-corrected chi connectivity index (χ3v) is 5.05. The van der Waals surface area contributed by atoms with Gasteiger partial charge < -0.3 is 4.90 Å². The van der Waals surface area contributed by atoms with Gasteiger partial charge in [0, 0.05) is 37.7 Å². The molecule has 1 amide bonds. The van der Waals surface area contributed by atoms with E-state index in [1.807, 2.05) is 36.1 Å². The van der Waals surface area contributed by atoms with E-state index in [9.17, 15) is 14.9 Å². The molecule has 1 atom stereocenters. The zero-order chi connectivity index (χ0) is 19.4. The molecule has 1 aromatic heterocycles. The van der Waals surface area contributed by atoms with E-state index in [-0.39, 0.29) is 11.6 Å². The number of amides is 1. The molecule has 8 nitrogen and oxygen atoms in total. The molecule has 3 rings (SSSR count). The maximum atomic E-state index is 12.9. The number of halogens is 1. The first-order valence-corrected chi connectivity index (χ1v) is 9.30. The smallest absolute Gasteiger partial charge is 0.307 e. The highest BCUT2D eigenvalue weighted by molar-refractivity contribution is 6.30. The number of nitrogens with zero attached hydrogens (tertiary/aromatic N) is 5. The molecule has 1 aliphatic heterocycles. The fraction of sp³-hybridized carbons (Fsp3) is 0.444. The third kappa shape index (κ3) is 4.64. The van der Waals surface area contributed by atoms with E-state index in [0.29, 0.717) is 19.5 Å². The Bertz CT molecular complexity index is 800. The Kier molecular flexibility index (Phi) is 6.08. The number of benzene rings is 1. The molecular formula is C18H22ClN5O3. The summed E-state index contributed by atoms with van der Waals surface area (Å²) in [6.45, 7) is 5.53. The lowest BCUT2D eigenvalue weighted by Gasteiger charge is -2.36. The number of carbonyl (C=O) groups is 1. The zero-order valence-electron chi connectivity index (χ0n) is 15.1. The molecule has 1 fully saturated rings. The van der Waals surface area contributed by atoms with Crippen LogP contribution in [0.1, 0.15) is 24.9 Å². The van der Waals surface area contributed by atoms with Crippen molar-refractivity contribution in [2.75, 3.05) is 26.2 Å². The number of nitro groups is 1. The summed E-state index contributed by atoms with van der Waals surface area (Å²) in [5.41, 5.74) is 1.09. The van der Waals surface area contributed by atoms with E-state index in [0.717, 1.165) is 24.7 Å². The Balaban J connectivity index is 1.57. The van der Waals surface area contributed by atoms with Crippen LogP contribution in [0.15, 0.2) is 36.7 Å². The summed E-state index contributed by atoms with van der Waals surface area (Å²) in [5, 5.41) is 15.6. The fourth-order valence-corrected chi connectivity index (χ4v) is 3.38. The predicted octanol–water partition coefficient (Wildman–Crippen LogP) is 2.74. The second-order valence-electron chi connectivity index (χ2n) is 6.59. The first-order chi connectivity index (χ1) is 13.0. The van der Waals surface area contributed by atoms with Crippen LogP contribution in [0.2, 0.25) is 5.02 Å². The van der Waals surface area contributed by atoms with Crippen molar-refractivity contribution < 1.29 is 9.72 Å². The molecule has 0 radical (unpaired) electrons. The van der Waals surface area contributed by atoms with Crippen molar-refractivity contribution in [1.82, 2.24) is 19.6 Å². The molecule has 2 heterocycles. The summed E-state index contributed by atoms with van der Waals surface area (Å²) in [7, 11) is 0. The van der Waals surface area contributed by atoms with E-state index < -0.39 is 11.0 Å². The summed E-state index contributed by atoms with van der Waals surface area (Å²) in [4.78, 5) is 27.3. The Hall–Kier alpha value is -2.45. The largest absolute Gasteiger partial charge is 0.338 e. The van der Waals surface area contributed by atoms with Crippen LogP contribution in [0.3, 0.4) is 0 Å². The highest BCUT2D eigenvalue weighted by Gasteiger charge is 2.29. The first-order valence-electron chi connectivity index (χ1n) is 8.92. The molecule has 0 saturated carbocycles. The molecule has 9 heteroatoms. The Morgan fingerprint density at radius 3 is 2.48 bits per heavy atom. The van der Waals surface area contributed by atoms with E-state index >= 15 is 0 Å². The molecule has 1 aliphatic rings. The van der Waals surface area contributed by atoms with Gasteiger partial charge in [-0.25, -0.2) is 0 Å².